The number of ketones is 2. The molecule has 4 rings (SSSR count). The second-order valence-electron chi connectivity index (χ2n) is 11.1. The van der Waals surface area contributed by atoms with Gasteiger partial charge in [0.1, 0.15) is 28.7 Å². The fraction of sp³-hybridized carbons (Fsp3) is 0.500. The Balaban J connectivity index is 1.73. The van der Waals surface area contributed by atoms with Crippen molar-refractivity contribution in [3.63, 3.8) is 0 Å². The van der Waals surface area contributed by atoms with Crippen LogP contribution < -0.4 is 11.1 Å². The van der Waals surface area contributed by atoms with E-state index in [4.69, 9.17) is 5.73 Å². The van der Waals surface area contributed by atoms with Crippen molar-refractivity contribution < 1.29 is 39.2 Å². The molecule has 1 unspecified atom stereocenters. The second kappa shape index (κ2) is 8.70. The van der Waals surface area contributed by atoms with Crippen molar-refractivity contribution in [3.05, 3.63) is 51.2 Å². The number of carbonyl (C=O) groups is 3. The molecule has 0 aliphatic heterocycles. The van der Waals surface area contributed by atoms with Crippen LogP contribution in [0.4, 0.5) is 4.39 Å². The number of hydrogen-bond donors (Lipinski definition) is 6. The van der Waals surface area contributed by atoms with Crippen molar-refractivity contribution in [1.29, 1.82) is 0 Å². The number of aromatic hydroxyl groups is 1. The van der Waals surface area contributed by atoms with E-state index in [0.29, 0.717) is 6.54 Å². The number of rotatable bonds is 5. The van der Waals surface area contributed by atoms with Crippen LogP contribution in [-0.2, 0) is 22.6 Å². The lowest BCUT2D eigenvalue weighted by Crippen LogP contribution is -2.57. The SMILES string of the molecule is CC(C)(C)CCNCc1c(F)cc2c(c1O)C(=O)C1=C(O)[C@]3(O)C(=O)C(C(N)=O)=C(O)C[C@@H]3CC1C2. The molecular weight excluding hydrogens is 471 g/mol. The van der Waals surface area contributed by atoms with Gasteiger partial charge in [0.2, 0.25) is 5.78 Å². The number of carbonyl (C=O) groups excluding carboxylic acids is 3. The maximum atomic E-state index is 14.9. The molecule has 9 nitrogen and oxygen atoms in total. The molecule has 0 radical (unpaired) electrons. The lowest BCUT2D eigenvalue weighted by atomic mass is 9.60. The van der Waals surface area contributed by atoms with Gasteiger partial charge in [-0.15, -0.1) is 0 Å². The van der Waals surface area contributed by atoms with Gasteiger partial charge in [-0.25, -0.2) is 4.39 Å². The van der Waals surface area contributed by atoms with Crippen LogP contribution in [0.3, 0.4) is 0 Å². The van der Waals surface area contributed by atoms with E-state index in [0.717, 1.165) is 6.42 Å². The van der Waals surface area contributed by atoms with E-state index in [1.54, 1.807) is 0 Å². The van der Waals surface area contributed by atoms with E-state index in [-0.39, 0.29) is 53.5 Å². The van der Waals surface area contributed by atoms with Gasteiger partial charge >= 0.3 is 0 Å². The van der Waals surface area contributed by atoms with E-state index in [1.165, 1.54) is 6.07 Å². The van der Waals surface area contributed by atoms with E-state index >= 15 is 0 Å². The van der Waals surface area contributed by atoms with Gasteiger partial charge in [0.05, 0.1) is 5.56 Å². The number of fused-ring (bicyclic) bond motifs is 3. The fourth-order valence-electron chi connectivity index (χ4n) is 5.53. The molecular formula is C26H31FN2O7. The van der Waals surface area contributed by atoms with Crippen LogP contribution in [0.5, 0.6) is 5.75 Å². The molecule has 3 atom stereocenters. The number of aliphatic hydroxyl groups excluding tert-OH is 2. The molecule has 0 bridgehead atoms. The summed E-state index contributed by atoms with van der Waals surface area (Å²) in [5.74, 6) is -7.84. The molecule has 0 fully saturated rings. The fourth-order valence-corrected chi connectivity index (χ4v) is 5.53. The van der Waals surface area contributed by atoms with Crippen LogP contribution in [0, 0.1) is 23.1 Å². The van der Waals surface area contributed by atoms with Gasteiger partial charge in [0.25, 0.3) is 5.91 Å². The van der Waals surface area contributed by atoms with E-state index in [1.807, 2.05) is 0 Å². The van der Waals surface area contributed by atoms with Gasteiger partial charge in [-0.2, -0.15) is 0 Å². The molecule has 1 aromatic carbocycles. The topological polar surface area (TPSA) is 170 Å². The maximum absolute atomic E-state index is 14.9. The summed E-state index contributed by atoms with van der Waals surface area (Å²) in [6, 6.07) is 1.19. The summed E-state index contributed by atoms with van der Waals surface area (Å²) in [5, 5.41) is 46.4. The zero-order valence-corrected chi connectivity index (χ0v) is 20.4. The Morgan fingerprint density at radius 3 is 2.50 bits per heavy atom. The van der Waals surface area contributed by atoms with Crippen molar-refractivity contribution in [2.24, 2.45) is 23.0 Å². The number of amides is 1. The molecule has 3 aliphatic carbocycles. The number of benzene rings is 1. The highest BCUT2D eigenvalue weighted by molar-refractivity contribution is 6.24. The predicted octanol–water partition coefficient (Wildman–Crippen LogP) is 2.25. The second-order valence-corrected chi connectivity index (χ2v) is 11.1. The van der Waals surface area contributed by atoms with Gasteiger partial charge in [-0.1, -0.05) is 20.8 Å². The summed E-state index contributed by atoms with van der Waals surface area (Å²) in [7, 11) is 0. The van der Waals surface area contributed by atoms with Gasteiger partial charge in [-0.05, 0) is 48.8 Å². The van der Waals surface area contributed by atoms with Crippen LogP contribution in [-0.4, -0.2) is 50.0 Å². The largest absolute Gasteiger partial charge is 0.511 e. The summed E-state index contributed by atoms with van der Waals surface area (Å²) in [6.45, 7) is 6.71. The maximum Gasteiger partial charge on any atom is 0.255 e. The number of nitrogens with one attached hydrogen (secondary N) is 1. The minimum atomic E-state index is -2.62. The minimum absolute atomic E-state index is 0.00140. The highest BCUT2D eigenvalue weighted by Crippen LogP contribution is 2.51. The lowest BCUT2D eigenvalue weighted by Gasteiger charge is -2.45. The monoisotopic (exact) mass is 502 g/mol. The predicted molar refractivity (Wildman–Crippen MR) is 127 cm³/mol. The first-order valence-electron chi connectivity index (χ1n) is 11.9. The van der Waals surface area contributed by atoms with Crippen molar-refractivity contribution >= 4 is 17.5 Å². The molecule has 1 aromatic rings. The van der Waals surface area contributed by atoms with Crippen molar-refractivity contribution in [3.8, 4) is 5.75 Å². The first kappa shape index (κ1) is 25.8. The Morgan fingerprint density at radius 1 is 1.22 bits per heavy atom. The highest BCUT2D eigenvalue weighted by Gasteiger charge is 2.59. The Kier molecular flexibility index (Phi) is 6.25. The number of allylic oxidation sites excluding steroid dienone is 2. The molecule has 194 valence electrons. The van der Waals surface area contributed by atoms with Crippen LogP contribution in [0.2, 0.25) is 0 Å². The first-order chi connectivity index (χ1) is 16.7. The third kappa shape index (κ3) is 3.98. The zero-order chi connectivity index (χ0) is 26.7. The number of phenolic OH excluding ortho intramolecular Hbond substituents is 1. The normalized spacial score (nSPS) is 26.0. The van der Waals surface area contributed by atoms with Crippen molar-refractivity contribution in [2.45, 2.75) is 58.6 Å². The number of nitrogens with two attached hydrogens (primary N) is 1. The van der Waals surface area contributed by atoms with Crippen LogP contribution in [0.25, 0.3) is 0 Å². The number of primary amides is 1. The van der Waals surface area contributed by atoms with Gasteiger partial charge < -0.3 is 31.5 Å². The summed E-state index contributed by atoms with van der Waals surface area (Å²) in [4.78, 5) is 38.2. The zero-order valence-electron chi connectivity index (χ0n) is 20.4. The minimum Gasteiger partial charge on any atom is -0.511 e. The molecule has 0 heterocycles. The lowest BCUT2D eigenvalue weighted by molar-refractivity contribution is -0.144. The molecule has 36 heavy (non-hydrogen) atoms. The summed E-state index contributed by atoms with van der Waals surface area (Å²) in [6.07, 6.45) is 0.555. The third-order valence-corrected chi connectivity index (χ3v) is 7.46. The molecule has 1 amide bonds. The number of aliphatic hydroxyl groups is 3. The van der Waals surface area contributed by atoms with Crippen molar-refractivity contribution in [2.75, 3.05) is 6.54 Å². The quantitative estimate of drug-likeness (QED) is 0.263. The molecule has 0 saturated carbocycles. The third-order valence-electron chi connectivity index (χ3n) is 7.46. The Morgan fingerprint density at radius 2 is 1.89 bits per heavy atom. The van der Waals surface area contributed by atoms with E-state index in [2.05, 4.69) is 26.1 Å². The van der Waals surface area contributed by atoms with Crippen molar-refractivity contribution in [1.82, 2.24) is 5.32 Å². The number of hydrogen-bond acceptors (Lipinski definition) is 8. The number of Topliss-reactive ketones (excluding diaryl/α,β-unsaturated/α-hetero) is 2. The molecule has 7 N–H and O–H groups in total. The van der Waals surface area contributed by atoms with Gasteiger partial charge in [0.15, 0.2) is 11.4 Å². The Bertz CT molecular complexity index is 1240. The Labute approximate surface area is 207 Å². The van der Waals surface area contributed by atoms with E-state index in [9.17, 15) is 39.2 Å². The standard InChI is InChI=1S/C26H31FN2O7/c1-25(2,3)4-5-29-10-14-15(27)8-12-6-11-7-13-9-16(30)19(24(28)35)23(34)26(13,36)22(33)18(11)21(32)17(12)20(14)31/h8,11,13,29-31,33,36H,4-7,9-10H2,1-3H3,(H2,28,35)/t11?,13-,26-/m0/s1. The van der Waals surface area contributed by atoms with Crippen LogP contribution in [0.15, 0.2) is 28.7 Å². The highest BCUT2D eigenvalue weighted by atomic mass is 19.1. The molecule has 10 heteroatoms. The van der Waals surface area contributed by atoms with Crippen LogP contribution in [0.1, 0.15) is 61.5 Å². The summed E-state index contributed by atoms with van der Waals surface area (Å²) < 4.78 is 14.9. The summed E-state index contributed by atoms with van der Waals surface area (Å²) >= 11 is 0. The Hall–Kier alpha value is -3.24. The molecule has 3 aliphatic rings. The first-order valence-corrected chi connectivity index (χ1v) is 11.9. The number of phenols is 1. The van der Waals surface area contributed by atoms with Gasteiger partial charge in [-0.3, -0.25) is 14.4 Å². The summed E-state index contributed by atoms with van der Waals surface area (Å²) in [5.41, 5.74) is 1.49. The molecule has 0 aromatic heterocycles. The average molecular weight is 503 g/mol. The molecule has 0 saturated heterocycles. The molecule has 0 spiro atoms. The average Bonchev–Trinajstić information content (AvgIpc) is 2.74. The smallest absolute Gasteiger partial charge is 0.255 e. The van der Waals surface area contributed by atoms with E-state index < -0.39 is 63.6 Å². The number of halogens is 1. The van der Waals surface area contributed by atoms with Crippen LogP contribution >= 0.6 is 0 Å². The van der Waals surface area contributed by atoms with Gasteiger partial charge in [0, 0.05) is 30.0 Å².